The van der Waals surface area contributed by atoms with Gasteiger partial charge in [-0.25, -0.2) is 0 Å². The summed E-state index contributed by atoms with van der Waals surface area (Å²) in [5, 5.41) is 12.1. The third kappa shape index (κ3) is 5.29. The van der Waals surface area contributed by atoms with Gasteiger partial charge in [0.05, 0.1) is 11.9 Å². The van der Waals surface area contributed by atoms with Crippen LogP contribution in [0.25, 0.3) is 0 Å². The van der Waals surface area contributed by atoms with Gasteiger partial charge < -0.3 is 19.9 Å². The van der Waals surface area contributed by atoms with E-state index < -0.39 is 6.29 Å². The van der Waals surface area contributed by atoms with E-state index in [1.807, 2.05) is 13.0 Å². The van der Waals surface area contributed by atoms with Crippen molar-refractivity contribution < 1.29 is 19.4 Å². The Labute approximate surface area is 155 Å². The fraction of sp³-hybridized carbons (Fsp3) is 0.600. The maximum atomic E-state index is 12.7. The van der Waals surface area contributed by atoms with Crippen molar-refractivity contribution in [1.82, 2.24) is 4.98 Å². The van der Waals surface area contributed by atoms with Crippen molar-refractivity contribution in [3.05, 3.63) is 36.4 Å². The number of aliphatic hydroxyl groups is 1. The van der Waals surface area contributed by atoms with Crippen LogP contribution in [0.5, 0.6) is 0 Å². The molecule has 1 aliphatic rings. The zero-order valence-electron chi connectivity index (χ0n) is 16.1. The zero-order valence-corrected chi connectivity index (χ0v) is 16.1. The summed E-state index contributed by atoms with van der Waals surface area (Å²) in [6, 6.07) is 3.54. The van der Waals surface area contributed by atoms with Gasteiger partial charge in [0.15, 0.2) is 5.76 Å². The van der Waals surface area contributed by atoms with Crippen LogP contribution < -0.4 is 5.32 Å². The molecule has 1 aromatic heterocycles. The lowest BCUT2D eigenvalue weighted by Gasteiger charge is -2.42. The molecular formula is C20H30N2O4. The number of nitrogens with one attached hydrogen (secondary N) is 1. The van der Waals surface area contributed by atoms with E-state index in [1.165, 1.54) is 0 Å². The summed E-state index contributed by atoms with van der Waals surface area (Å²) in [7, 11) is 0. The fourth-order valence-corrected chi connectivity index (χ4v) is 3.32. The first-order valence-electron chi connectivity index (χ1n) is 9.19. The second kappa shape index (κ2) is 9.14. The number of carbonyl (C=O) groups excluding carboxylic acids is 1. The van der Waals surface area contributed by atoms with E-state index in [1.54, 1.807) is 24.5 Å². The van der Waals surface area contributed by atoms with E-state index >= 15 is 0 Å². The lowest BCUT2D eigenvalue weighted by Crippen LogP contribution is -2.42. The van der Waals surface area contributed by atoms with Gasteiger partial charge in [-0.15, -0.1) is 0 Å². The van der Waals surface area contributed by atoms with Crippen LogP contribution in [-0.4, -0.2) is 35.5 Å². The Morgan fingerprint density at radius 1 is 1.42 bits per heavy atom. The molecule has 1 amide bonds. The fourth-order valence-electron chi connectivity index (χ4n) is 3.32. The van der Waals surface area contributed by atoms with Crippen molar-refractivity contribution in [1.29, 1.82) is 0 Å². The van der Waals surface area contributed by atoms with Gasteiger partial charge in [0, 0.05) is 25.3 Å². The van der Waals surface area contributed by atoms with Gasteiger partial charge in [0.1, 0.15) is 0 Å². The molecule has 144 valence electrons. The van der Waals surface area contributed by atoms with Crippen molar-refractivity contribution in [3.8, 4) is 0 Å². The Morgan fingerprint density at radius 3 is 2.77 bits per heavy atom. The summed E-state index contributed by atoms with van der Waals surface area (Å²) in [4.78, 5) is 16.7. The molecule has 0 bridgehead atoms. The van der Waals surface area contributed by atoms with E-state index in [9.17, 15) is 9.90 Å². The third-order valence-corrected chi connectivity index (χ3v) is 4.55. The molecule has 2 heterocycles. The number of nitrogens with zero attached hydrogens (tertiary/aromatic N) is 1. The molecule has 0 aliphatic carbocycles. The average molecular weight is 362 g/mol. The van der Waals surface area contributed by atoms with Crippen molar-refractivity contribution in [2.24, 2.45) is 17.3 Å². The molecule has 0 fully saturated rings. The summed E-state index contributed by atoms with van der Waals surface area (Å²) in [5.41, 5.74) is 0.545. The van der Waals surface area contributed by atoms with Crippen molar-refractivity contribution in [2.75, 3.05) is 18.5 Å². The van der Waals surface area contributed by atoms with Crippen LogP contribution in [0, 0.1) is 17.3 Å². The molecule has 26 heavy (non-hydrogen) atoms. The first-order chi connectivity index (χ1) is 12.4. The van der Waals surface area contributed by atoms with Crippen molar-refractivity contribution in [2.45, 2.75) is 46.8 Å². The zero-order chi connectivity index (χ0) is 19.2. The smallest absolute Gasteiger partial charge is 0.290 e. The van der Waals surface area contributed by atoms with Crippen molar-refractivity contribution >= 4 is 11.6 Å². The van der Waals surface area contributed by atoms with Crippen LogP contribution in [0.15, 0.2) is 36.4 Å². The number of amides is 1. The highest BCUT2D eigenvalue weighted by molar-refractivity contribution is 6.02. The monoisotopic (exact) mass is 362 g/mol. The molecule has 0 saturated heterocycles. The highest BCUT2D eigenvalue weighted by Crippen LogP contribution is 2.42. The second-order valence-corrected chi connectivity index (χ2v) is 7.59. The number of aliphatic hydroxyl groups excluding tert-OH is 1. The summed E-state index contributed by atoms with van der Waals surface area (Å²) in [6.07, 6.45) is 6.09. The molecule has 0 spiro atoms. The minimum absolute atomic E-state index is 0.0704. The van der Waals surface area contributed by atoms with E-state index in [2.05, 4.69) is 31.1 Å². The topological polar surface area (TPSA) is 80.7 Å². The molecule has 0 radical (unpaired) electrons. The number of pyridine rings is 1. The minimum Gasteiger partial charge on any atom is -0.459 e. The predicted molar refractivity (Wildman–Crippen MR) is 100 cm³/mol. The maximum Gasteiger partial charge on any atom is 0.290 e. The van der Waals surface area contributed by atoms with E-state index in [0.717, 1.165) is 6.42 Å². The molecule has 6 nitrogen and oxygen atoms in total. The number of allylic oxidation sites excluding steroid dienone is 1. The maximum absolute atomic E-state index is 12.7. The first-order valence-corrected chi connectivity index (χ1v) is 9.19. The van der Waals surface area contributed by atoms with Gasteiger partial charge in [-0.2, -0.15) is 0 Å². The van der Waals surface area contributed by atoms with Crippen LogP contribution in [-0.2, 0) is 14.3 Å². The number of carbonyl (C=O) groups is 1. The summed E-state index contributed by atoms with van der Waals surface area (Å²) in [6.45, 7) is 8.96. The lowest BCUT2D eigenvalue weighted by molar-refractivity contribution is -0.178. The Hall–Kier alpha value is -1.92. The molecular weight excluding hydrogens is 332 g/mol. The Balaban J connectivity index is 2.27. The first kappa shape index (κ1) is 20.4. The lowest BCUT2D eigenvalue weighted by atomic mass is 9.70. The van der Waals surface area contributed by atoms with E-state index in [0.29, 0.717) is 18.7 Å². The van der Waals surface area contributed by atoms with Gasteiger partial charge in [-0.1, -0.05) is 20.8 Å². The van der Waals surface area contributed by atoms with E-state index in [-0.39, 0.29) is 35.5 Å². The minimum atomic E-state index is -0.504. The molecule has 1 aromatic rings. The number of hydrogen-bond acceptors (Lipinski definition) is 5. The van der Waals surface area contributed by atoms with Gasteiger partial charge >= 0.3 is 0 Å². The van der Waals surface area contributed by atoms with Crippen LogP contribution in [0.3, 0.4) is 0 Å². The van der Waals surface area contributed by atoms with Crippen LogP contribution in [0.1, 0.15) is 40.5 Å². The Kier molecular flexibility index (Phi) is 7.17. The summed E-state index contributed by atoms with van der Waals surface area (Å²) in [5.74, 6) is 0.135. The molecule has 6 heteroatoms. The third-order valence-electron chi connectivity index (χ3n) is 4.55. The molecule has 0 aromatic carbocycles. The van der Waals surface area contributed by atoms with Crippen molar-refractivity contribution in [3.63, 3.8) is 0 Å². The highest BCUT2D eigenvalue weighted by atomic mass is 16.7. The predicted octanol–water partition coefficient (Wildman–Crippen LogP) is 3.35. The average Bonchev–Trinajstić information content (AvgIpc) is 2.60. The Bertz CT molecular complexity index is 610. The van der Waals surface area contributed by atoms with Gasteiger partial charge in [-0.3, -0.25) is 9.78 Å². The highest BCUT2D eigenvalue weighted by Gasteiger charge is 2.42. The normalized spacial score (nSPS) is 23.1. The van der Waals surface area contributed by atoms with E-state index in [4.69, 9.17) is 9.47 Å². The molecule has 0 unspecified atom stereocenters. The molecule has 2 N–H and O–H groups in total. The number of aromatic nitrogens is 1. The molecule has 2 rings (SSSR count). The quantitative estimate of drug-likeness (QED) is 0.777. The Morgan fingerprint density at radius 2 is 2.19 bits per heavy atom. The standard InChI is InChI=1S/C20H30N2O4/c1-5-25-19-15(9-7-11-23)16(20(2,3)4)12-17(26-19)18(24)22-14-8-6-10-21-13-14/h6,8,10,12-13,15-16,19,23H,5,7,9,11H2,1-4H3,(H,22,24)/t15-,16-,19+/m1/s1. The van der Waals surface area contributed by atoms with Gasteiger partial charge in [0.25, 0.3) is 5.91 Å². The summed E-state index contributed by atoms with van der Waals surface area (Å²) < 4.78 is 11.7. The molecule has 1 aliphatic heterocycles. The number of anilines is 1. The van der Waals surface area contributed by atoms with Gasteiger partial charge in [-0.05, 0) is 49.3 Å². The second-order valence-electron chi connectivity index (χ2n) is 7.59. The number of rotatable bonds is 7. The van der Waals surface area contributed by atoms with Crippen LogP contribution >= 0.6 is 0 Å². The number of hydrogen-bond donors (Lipinski definition) is 2. The summed E-state index contributed by atoms with van der Waals surface area (Å²) >= 11 is 0. The molecule has 3 atom stereocenters. The largest absolute Gasteiger partial charge is 0.459 e. The SMILES string of the molecule is CCO[C@H]1OC(C(=O)Nc2cccnc2)=C[C@@H](C(C)(C)C)[C@H]1CCCO. The van der Waals surface area contributed by atoms with Crippen LogP contribution in [0.4, 0.5) is 5.69 Å². The van der Waals surface area contributed by atoms with Crippen LogP contribution in [0.2, 0.25) is 0 Å². The van der Waals surface area contributed by atoms with Gasteiger partial charge in [0.2, 0.25) is 6.29 Å². The molecule has 0 saturated carbocycles. The number of ether oxygens (including phenoxy) is 2.